The van der Waals surface area contributed by atoms with Gasteiger partial charge in [-0.25, -0.2) is 0 Å². The van der Waals surface area contributed by atoms with E-state index in [0.29, 0.717) is 0 Å². The highest BCUT2D eigenvalue weighted by molar-refractivity contribution is 5.68. The molecule has 0 atom stereocenters. The van der Waals surface area contributed by atoms with Crippen LogP contribution in [0, 0.1) is 0 Å². The summed E-state index contributed by atoms with van der Waals surface area (Å²) in [6.45, 7) is 10.3. The van der Waals surface area contributed by atoms with Crippen molar-refractivity contribution in [2.45, 2.75) is 117 Å². The molecule has 0 aliphatic rings. The molecule has 2 heteroatoms. The number of benzene rings is 1. The van der Waals surface area contributed by atoms with Gasteiger partial charge in [-0.1, -0.05) is 97.1 Å². The number of rotatable bonds is 20. The number of aryl methyl sites for hydroxylation is 1. The molecule has 0 saturated heterocycles. The molecule has 0 radical (unpaired) electrons. The minimum atomic E-state index is 1.11. The second-order valence-corrected chi connectivity index (χ2v) is 10.1. The first-order chi connectivity index (χ1) is 17.3. The molecule has 0 amide bonds. The van der Waals surface area contributed by atoms with E-state index in [0.717, 1.165) is 19.6 Å². The van der Waals surface area contributed by atoms with Gasteiger partial charge in [0.1, 0.15) is 6.54 Å². The standard InChI is InChI=1S/C33H53N2/c1-4-7-10-11-12-13-14-15-16-18-29-35-30-19-17-20-32(35)24-21-31-22-25-33(26-23-31)34(27-8-5-2)28-9-6-3/h17,19-26,30H,4-16,18,27-29H2,1-3H3/q+1. The average molecular weight is 478 g/mol. The third kappa shape index (κ3) is 12.4. The summed E-state index contributed by atoms with van der Waals surface area (Å²) in [4.78, 5) is 2.55. The van der Waals surface area contributed by atoms with Crippen molar-refractivity contribution in [3.8, 4) is 0 Å². The molecule has 35 heavy (non-hydrogen) atoms. The largest absolute Gasteiger partial charge is 0.372 e. The quantitative estimate of drug-likeness (QED) is 0.136. The number of aromatic nitrogens is 1. The molecular weight excluding hydrogens is 424 g/mol. The van der Waals surface area contributed by atoms with Gasteiger partial charge in [0.2, 0.25) is 5.69 Å². The fourth-order valence-corrected chi connectivity index (χ4v) is 4.66. The highest BCUT2D eigenvalue weighted by atomic mass is 15.1. The molecule has 0 unspecified atom stereocenters. The molecule has 0 N–H and O–H groups in total. The molecule has 0 bridgehead atoms. The smallest absolute Gasteiger partial charge is 0.205 e. The Bertz CT molecular complexity index is 785. The fourth-order valence-electron chi connectivity index (χ4n) is 4.66. The minimum absolute atomic E-state index is 1.11. The van der Waals surface area contributed by atoms with Crippen LogP contribution in [-0.2, 0) is 6.54 Å². The molecule has 0 fully saturated rings. The van der Waals surface area contributed by atoms with Gasteiger partial charge in [-0.3, -0.25) is 0 Å². The van der Waals surface area contributed by atoms with Crippen molar-refractivity contribution in [2.75, 3.05) is 18.0 Å². The normalized spacial score (nSPS) is 11.4. The summed E-state index contributed by atoms with van der Waals surface area (Å²) < 4.78 is 2.41. The molecule has 2 aromatic rings. The van der Waals surface area contributed by atoms with Crippen molar-refractivity contribution in [1.29, 1.82) is 0 Å². The van der Waals surface area contributed by atoms with Crippen LogP contribution in [0.4, 0.5) is 5.69 Å². The van der Waals surface area contributed by atoms with Crippen molar-refractivity contribution in [3.05, 3.63) is 59.9 Å². The molecule has 194 valence electrons. The number of anilines is 1. The number of hydrogen-bond donors (Lipinski definition) is 0. The van der Waals surface area contributed by atoms with E-state index in [1.807, 2.05) is 0 Å². The van der Waals surface area contributed by atoms with E-state index in [2.05, 4.69) is 91.1 Å². The monoisotopic (exact) mass is 477 g/mol. The summed E-state index contributed by atoms with van der Waals surface area (Å²) in [5, 5.41) is 0. The Kier molecular flexibility index (Phi) is 15.9. The van der Waals surface area contributed by atoms with Crippen molar-refractivity contribution >= 4 is 17.8 Å². The second-order valence-electron chi connectivity index (χ2n) is 10.1. The summed E-state index contributed by atoms with van der Waals surface area (Å²) in [5.74, 6) is 0. The predicted molar refractivity (Wildman–Crippen MR) is 156 cm³/mol. The maximum absolute atomic E-state index is 2.55. The topological polar surface area (TPSA) is 7.12 Å². The van der Waals surface area contributed by atoms with E-state index in [1.54, 1.807) is 0 Å². The third-order valence-electron chi connectivity index (χ3n) is 7.00. The first-order valence-corrected chi connectivity index (χ1v) is 14.8. The maximum atomic E-state index is 2.55. The summed E-state index contributed by atoms with van der Waals surface area (Å²) in [5.41, 5.74) is 3.92. The third-order valence-corrected chi connectivity index (χ3v) is 7.00. The SMILES string of the molecule is CCCCCCCCCCCC[n+]1ccccc1/C=C/c1ccc(N(CCCC)CCCC)cc1. The lowest BCUT2D eigenvalue weighted by atomic mass is 10.1. The van der Waals surface area contributed by atoms with Gasteiger partial charge < -0.3 is 4.90 Å². The molecule has 1 heterocycles. The first kappa shape index (κ1) is 29.1. The van der Waals surface area contributed by atoms with Crippen LogP contribution >= 0.6 is 0 Å². The molecule has 1 aromatic heterocycles. The molecule has 1 aromatic carbocycles. The van der Waals surface area contributed by atoms with Crippen molar-refractivity contribution in [2.24, 2.45) is 0 Å². The van der Waals surface area contributed by atoms with Gasteiger partial charge >= 0.3 is 0 Å². The number of nitrogens with zero attached hydrogens (tertiary/aromatic N) is 2. The predicted octanol–water partition coefficient (Wildman–Crippen LogP) is 9.47. The highest BCUT2D eigenvalue weighted by Gasteiger charge is 2.07. The van der Waals surface area contributed by atoms with Gasteiger partial charge in [0.05, 0.1) is 0 Å². The Morgan fingerprint density at radius 1 is 0.600 bits per heavy atom. The average Bonchev–Trinajstić information content (AvgIpc) is 2.89. The van der Waals surface area contributed by atoms with Gasteiger partial charge in [0.15, 0.2) is 6.20 Å². The molecule has 2 nitrogen and oxygen atoms in total. The summed E-state index contributed by atoms with van der Waals surface area (Å²) >= 11 is 0. The molecule has 2 rings (SSSR count). The lowest BCUT2D eigenvalue weighted by Gasteiger charge is -2.24. The van der Waals surface area contributed by atoms with Crippen LogP contribution in [0.2, 0.25) is 0 Å². The van der Waals surface area contributed by atoms with Crippen molar-refractivity contribution in [3.63, 3.8) is 0 Å². The lowest BCUT2D eigenvalue weighted by molar-refractivity contribution is -0.699. The van der Waals surface area contributed by atoms with Crippen LogP contribution in [0.5, 0.6) is 0 Å². The van der Waals surface area contributed by atoms with Crippen LogP contribution in [0.15, 0.2) is 48.7 Å². The van der Waals surface area contributed by atoms with E-state index < -0.39 is 0 Å². The van der Waals surface area contributed by atoms with Crippen LogP contribution in [0.25, 0.3) is 12.2 Å². The Hall–Kier alpha value is -2.09. The first-order valence-electron chi connectivity index (χ1n) is 14.8. The van der Waals surface area contributed by atoms with Gasteiger partial charge in [0.25, 0.3) is 0 Å². The Morgan fingerprint density at radius 2 is 1.17 bits per heavy atom. The summed E-state index contributed by atoms with van der Waals surface area (Å²) in [7, 11) is 0. The lowest BCUT2D eigenvalue weighted by Crippen LogP contribution is -2.36. The molecule has 0 aliphatic carbocycles. The summed E-state index contributed by atoms with van der Waals surface area (Å²) in [6.07, 6.45) is 25.7. The van der Waals surface area contributed by atoms with E-state index in [-0.39, 0.29) is 0 Å². The highest BCUT2D eigenvalue weighted by Crippen LogP contribution is 2.18. The van der Waals surface area contributed by atoms with Gasteiger partial charge in [-0.05, 0) is 49.1 Å². The zero-order valence-corrected chi connectivity index (χ0v) is 23.2. The molecule has 0 spiro atoms. The Labute approximate surface area is 217 Å². The van der Waals surface area contributed by atoms with Gasteiger partial charge in [-0.2, -0.15) is 4.57 Å². The maximum Gasteiger partial charge on any atom is 0.205 e. The Morgan fingerprint density at radius 3 is 1.77 bits per heavy atom. The van der Waals surface area contributed by atoms with Crippen LogP contribution < -0.4 is 9.47 Å². The van der Waals surface area contributed by atoms with E-state index in [4.69, 9.17) is 0 Å². The van der Waals surface area contributed by atoms with Crippen LogP contribution in [0.3, 0.4) is 0 Å². The zero-order chi connectivity index (χ0) is 25.0. The number of hydrogen-bond acceptors (Lipinski definition) is 1. The van der Waals surface area contributed by atoms with Crippen molar-refractivity contribution in [1.82, 2.24) is 0 Å². The minimum Gasteiger partial charge on any atom is -0.372 e. The van der Waals surface area contributed by atoms with E-state index in [1.165, 1.54) is 107 Å². The number of pyridine rings is 1. The Balaban J connectivity index is 1.81. The van der Waals surface area contributed by atoms with Crippen LogP contribution in [-0.4, -0.2) is 13.1 Å². The van der Waals surface area contributed by atoms with Crippen molar-refractivity contribution < 1.29 is 4.57 Å². The second kappa shape index (κ2) is 19.1. The van der Waals surface area contributed by atoms with Crippen LogP contribution in [0.1, 0.15) is 122 Å². The zero-order valence-electron chi connectivity index (χ0n) is 23.2. The summed E-state index contributed by atoms with van der Waals surface area (Å²) in [6, 6.07) is 15.7. The molecular formula is C33H53N2+. The molecule has 0 aliphatic heterocycles. The molecule has 0 saturated carbocycles. The van der Waals surface area contributed by atoms with E-state index >= 15 is 0 Å². The van der Waals surface area contributed by atoms with E-state index in [9.17, 15) is 0 Å². The van der Waals surface area contributed by atoms with Gasteiger partial charge in [0, 0.05) is 43.4 Å². The number of unbranched alkanes of at least 4 members (excludes halogenated alkanes) is 11. The fraction of sp³-hybridized carbons (Fsp3) is 0.606. The van der Waals surface area contributed by atoms with Gasteiger partial charge in [-0.15, -0.1) is 0 Å².